The first-order valence-electron chi connectivity index (χ1n) is 4.72. The van der Waals surface area contributed by atoms with Gasteiger partial charge in [-0.15, -0.1) is 0 Å². The Labute approximate surface area is 89.1 Å². The van der Waals surface area contributed by atoms with Gasteiger partial charge in [-0.25, -0.2) is 4.39 Å². The van der Waals surface area contributed by atoms with Crippen LogP contribution in [-0.2, 0) is 0 Å². The van der Waals surface area contributed by atoms with E-state index in [9.17, 15) is 4.39 Å². The fourth-order valence-electron chi connectivity index (χ4n) is 1.49. The topological polar surface area (TPSA) is 26.0 Å². The maximum atomic E-state index is 13.4. The van der Waals surface area contributed by atoms with Crippen LogP contribution in [0.25, 0.3) is 0 Å². The van der Waals surface area contributed by atoms with Crippen molar-refractivity contribution in [1.29, 1.82) is 0 Å². The van der Waals surface area contributed by atoms with Gasteiger partial charge in [-0.1, -0.05) is 31.5 Å². The number of nitrogens with two attached hydrogens (primary N) is 1. The molecule has 1 aromatic rings. The van der Waals surface area contributed by atoms with Gasteiger partial charge in [0.05, 0.1) is 0 Å². The highest BCUT2D eigenvalue weighted by molar-refractivity contribution is 6.31. The van der Waals surface area contributed by atoms with Gasteiger partial charge in [0.15, 0.2) is 0 Å². The average Bonchev–Trinajstić information content (AvgIpc) is 2.01. The Bertz CT molecular complexity index is 292. The molecule has 1 aromatic carbocycles. The van der Waals surface area contributed by atoms with E-state index in [1.54, 1.807) is 12.1 Å². The van der Waals surface area contributed by atoms with E-state index in [-0.39, 0.29) is 11.9 Å². The van der Waals surface area contributed by atoms with E-state index in [0.29, 0.717) is 16.5 Å². The van der Waals surface area contributed by atoms with Crippen LogP contribution in [0.5, 0.6) is 0 Å². The highest BCUT2D eigenvalue weighted by Gasteiger charge is 2.15. The third-order valence-corrected chi connectivity index (χ3v) is 2.43. The lowest BCUT2D eigenvalue weighted by atomic mass is 9.97. The normalized spacial score (nSPS) is 13.3. The van der Waals surface area contributed by atoms with E-state index in [4.69, 9.17) is 17.3 Å². The fraction of sp³-hybridized carbons (Fsp3) is 0.455. The fourth-order valence-corrected chi connectivity index (χ4v) is 1.79. The zero-order valence-corrected chi connectivity index (χ0v) is 9.18. The molecule has 3 heteroatoms. The van der Waals surface area contributed by atoms with E-state index in [2.05, 4.69) is 13.8 Å². The van der Waals surface area contributed by atoms with Crippen LogP contribution in [0.3, 0.4) is 0 Å². The summed E-state index contributed by atoms with van der Waals surface area (Å²) in [6.07, 6.45) is 0.737. The SMILES string of the molecule is CC(C)C[C@H](N)c1c(F)cccc1Cl. The molecule has 0 aliphatic rings. The summed E-state index contributed by atoms with van der Waals surface area (Å²) in [4.78, 5) is 0. The van der Waals surface area contributed by atoms with Gasteiger partial charge in [0.2, 0.25) is 0 Å². The minimum Gasteiger partial charge on any atom is -0.324 e. The molecular formula is C11H15ClFN. The maximum Gasteiger partial charge on any atom is 0.129 e. The molecule has 1 nitrogen and oxygen atoms in total. The molecule has 0 radical (unpaired) electrons. The van der Waals surface area contributed by atoms with Gasteiger partial charge in [0.25, 0.3) is 0 Å². The summed E-state index contributed by atoms with van der Waals surface area (Å²) in [6.45, 7) is 4.10. The Hall–Kier alpha value is -0.600. The molecule has 78 valence electrons. The molecule has 0 heterocycles. The predicted molar refractivity (Wildman–Crippen MR) is 57.8 cm³/mol. The summed E-state index contributed by atoms with van der Waals surface area (Å²) in [5.74, 6) is 0.117. The molecule has 1 rings (SSSR count). The standard InChI is InChI=1S/C11H15ClFN/c1-7(2)6-10(14)11-8(12)4-3-5-9(11)13/h3-5,7,10H,6,14H2,1-2H3/t10-/m0/s1. The number of hydrogen-bond acceptors (Lipinski definition) is 1. The highest BCUT2D eigenvalue weighted by Crippen LogP contribution is 2.28. The third-order valence-electron chi connectivity index (χ3n) is 2.10. The second-order valence-electron chi connectivity index (χ2n) is 3.87. The minimum absolute atomic E-state index is 0.314. The molecule has 0 bridgehead atoms. The zero-order valence-electron chi connectivity index (χ0n) is 8.43. The smallest absolute Gasteiger partial charge is 0.129 e. The molecular weight excluding hydrogens is 201 g/mol. The van der Waals surface area contributed by atoms with Crippen LogP contribution in [0.15, 0.2) is 18.2 Å². The van der Waals surface area contributed by atoms with Gasteiger partial charge < -0.3 is 5.73 Å². The lowest BCUT2D eigenvalue weighted by molar-refractivity contribution is 0.489. The van der Waals surface area contributed by atoms with Gasteiger partial charge in [-0.05, 0) is 24.5 Å². The molecule has 2 N–H and O–H groups in total. The van der Waals surface area contributed by atoms with E-state index >= 15 is 0 Å². The molecule has 0 aliphatic heterocycles. The van der Waals surface area contributed by atoms with Crippen LogP contribution in [-0.4, -0.2) is 0 Å². The molecule has 1 atom stereocenters. The highest BCUT2D eigenvalue weighted by atomic mass is 35.5. The largest absolute Gasteiger partial charge is 0.324 e. The summed E-state index contributed by atoms with van der Waals surface area (Å²) in [5, 5.41) is 0.415. The summed E-state index contributed by atoms with van der Waals surface area (Å²) in [7, 11) is 0. The molecule has 0 aromatic heterocycles. The molecule has 0 amide bonds. The van der Waals surface area contributed by atoms with Gasteiger partial charge in [0, 0.05) is 16.6 Å². The summed E-state index contributed by atoms with van der Waals surface area (Å²) >= 11 is 5.89. The van der Waals surface area contributed by atoms with Crippen molar-refractivity contribution in [2.24, 2.45) is 11.7 Å². The van der Waals surface area contributed by atoms with Crippen molar-refractivity contribution in [2.45, 2.75) is 26.3 Å². The first kappa shape index (κ1) is 11.5. The van der Waals surface area contributed by atoms with Crippen molar-refractivity contribution >= 4 is 11.6 Å². The van der Waals surface area contributed by atoms with Crippen LogP contribution in [0.2, 0.25) is 5.02 Å². The third kappa shape index (κ3) is 2.69. The quantitative estimate of drug-likeness (QED) is 0.820. The van der Waals surface area contributed by atoms with Crippen molar-refractivity contribution in [2.75, 3.05) is 0 Å². The van der Waals surface area contributed by atoms with Crippen molar-refractivity contribution in [3.63, 3.8) is 0 Å². The first-order chi connectivity index (χ1) is 6.52. The van der Waals surface area contributed by atoms with Crippen LogP contribution in [0.4, 0.5) is 4.39 Å². The molecule has 0 aliphatic carbocycles. The Morgan fingerprint density at radius 2 is 2.07 bits per heavy atom. The molecule has 0 saturated carbocycles. The number of rotatable bonds is 3. The van der Waals surface area contributed by atoms with Gasteiger partial charge in [0.1, 0.15) is 5.82 Å². The number of hydrogen-bond donors (Lipinski definition) is 1. The monoisotopic (exact) mass is 215 g/mol. The number of benzene rings is 1. The van der Waals surface area contributed by atoms with Crippen molar-refractivity contribution in [3.05, 3.63) is 34.6 Å². The van der Waals surface area contributed by atoms with Gasteiger partial charge in [-0.2, -0.15) is 0 Å². The molecule has 0 unspecified atom stereocenters. The van der Waals surface area contributed by atoms with Crippen molar-refractivity contribution < 1.29 is 4.39 Å². The lowest BCUT2D eigenvalue weighted by Crippen LogP contribution is -2.15. The van der Waals surface area contributed by atoms with E-state index in [1.807, 2.05) is 0 Å². The zero-order chi connectivity index (χ0) is 10.7. The lowest BCUT2D eigenvalue weighted by Gasteiger charge is -2.16. The summed E-state index contributed by atoms with van der Waals surface area (Å²) in [6, 6.07) is 4.33. The van der Waals surface area contributed by atoms with E-state index < -0.39 is 0 Å². The van der Waals surface area contributed by atoms with Crippen molar-refractivity contribution in [1.82, 2.24) is 0 Å². The summed E-state index contributed by atoms with van der Waals surface area (Å²) < 4.78 is 13.4. The Kier molecular flexibility index (Phi) is 3.90. The minimum atomic E-state index is -0.316. The van der Waals surface area contributed by atoms with Gasteiger partial charge >= 0.3 is 0 Å². The summed E-state index contributed by atoms with van der Waals surface area (Å²) in [5.41, 5.74) is 6.31. The molecule has 14 heavy (non-hydrogen) atoms. The number of halogens is 2. The van der Waals surface area contributed by atoms with Crippen LogP contribution in [0, 0.1) is 11.7 Å². The Balaban J connectivity index is 2.94. The van der Waals surface area contributed by atoms with Crippen LogP contribution >= 0.6 is 11.6 Å². The molecule has 0 fully saturated rings. The molecule has 0 spiro atoms. The van der Waals surface area contributed by atoms with Crippen LogP contribution < -0.4 is 5.73 Å². The molecule has 0 saturated heterocycles. The van der Waals surface area contributed by atoms with Crippen LogP contribution in [0.1, 0.15) is 31.9 Å². The Morgan fingerprint density at radius 1 is 1.43 bits per heavy atom. The second-order valence-corrected chi connectivity index (χ2v) is 4.28. The van der Waals surface area contributed by atoms with Gasteiger partial charge in [-0.3, -0.25) is 0 Å². The average molecular weight is 216 g/mol. The van der Waals surface area contributed by atoms with E-state index in [1.165, 1.54) is 6.07 Å². The maximum absolute atomic E-state index is 13.4. The predicted octanol–water partition coefficient (Wildman–Crippen LogP) is 3.53. The van der Waals surface area contributed by atoms with Crippen molar-refractivity contribution in [3.8, 4) is 0 Å². The first-order valence-corrected chi connectivity index (χ1v) is 5.09. The second kappa shape index (κ2) is 4.76. The Morgan fingerprint density at radius 3 is 2.57 bits per heavy atom. The van der Waals surface area contributed by atoms with E-state index in [0.717, 1.165) is 6.42 Å².